The zero-order valence-corrected chi connectivity index (χ0v) is 15.0. The highest BCUT2D eigenvalue weighted by molar-refractivity contribution is 5.87. The van der Waals surface area contributed by atoms with Gasteiger partial charge >= 0.3 is 0 Å². The lowest BCUT2D eigenvalue weighted by atomic mass is 10.0. The largest absolute Gasteiger partial charge is 0.497 e. The Morgan fingerprint density at radius 2 is 1.88 bits per heavy atom. The average Bonchev–Trinajstić information content (AvgIpc) is 3.01. The Hall–Kier alpha value is -2.78. The third-order valence-corrected chi connectivity index (χ3v) is 5.49. The van der Waals surface area contributed by atoms with Crippen molar-refractivity contribution < 1.29 is 4.74 Å². The van der Waals surface area contributed by atoms with Gasteiger partial charge in [-0.3, -0.25) is 0 Å². The normalized spacial score (nSPS) is 13.9. The van der Waals surface area contributed by atoms with Crippen molar-refractivity contribution in [2.24, 2.45) is 0 Å². The molecule has 0 saturated carbocycles. The first-order valence-electron chi connectivity index (χ1n) is 9.20. The number of aromatic nitrogens is 1. The van der Waals surface area contributed by atoms with Crippen LogP contribution in [0.3, 0.4) is 0 Å². The van der Waals surface area contributed by atoms with Crippen LogP contribution in [0.25, 0.3) is 21.7 Å². The molecule has 0 fully saturated rings. The predicted octanol–water partition coefficient (Wildman–Crippen LogP) is 4.50. The van der Waals surface area contributed by atoms with E-state index in [9.17, 15) is 0 Å². The van der Waals surface area contributed by atoms with Crippen LogP contribution in [0.5, 0.6) is 5.75 Å². The molecule has 130 valence electrons. The average molecular weight is 342 g/mol. The van der Waals surface area contributed by atoms with Gasteiger partial charge < -0.3 is 14.6 Å². The molecular formula is C23H22N2O. The van der Waals surface area contributed by atoms with Gasteiger partial charge in [-0.15, -0.1) is 0 Å². The second kappa shape index (κ2) is 6.19. The van der Waals surface area contributed by atoms with Gasteiger partial charge in [0.05, 0.1) is 7.11 Å². The van der Waals surface area contributed by atoms with Crippen LogP contribution in [-0.4, -0.2) is 18.2 Å². The van der Waals surface area contributed by atoms with Crippen molar-refractivity contribution in [2.75, 3.05) is 13.7 Å². The van der Waals surface area contributed by atoms with Gasteiger partial charge in [-0.1, -0.05) is 36.4 Å². The molecule has 0 unspecified atom stereocenters. The van der Waals surface area contributed by atoms with E-state index in [0.29, 0.717) is 0 Å². The quantitative estimate of drug-likeness (QED) is 0.593. The molecule has 0 amide bonds. The maximum atomic E-state index is 5.46. The van der Waals surface area contributed by atoms with E-state index in [2.05, 4.69) is 70.5 Å². The first-order chi connectivity index (χ1) is 12.8. The van der Waals surface area contributed by atoms with E-state index in [0.717, 1.165) is 31.8 Å². The Labute approximate surface area is 153 Å². The van der Waals surface area contributed by atoms with E-state index >= 15 is 0 Å². The second-order valence-corrected chi connectivity index (χ2v) is 7.00. The number of hydrogen-bond donors (Lipinski definition) is 1. The van der Waals surface area contributed by atoms with Crippen LogP contribution in [-0.2, 0) is 19.5 Å². The molecule has 0 radical (unpaired) electrons. The number of hydrogen-bond acceptors (Lipinski definition) is 2. The van der Waals surface area contributed by atoms with Crippen molar-refractivity contribution in [3.05, 3.63) is 77.5 Å². The van der Waals surface area contributed by atoms with Gasteiger partial charge in [0, 0.05) is 29.7 Å². The molecule has 1 aliphatic rings. The lowest BCUT2D eigenvalue weighted by Gasteiger charge is -2.17. The highest BCUT2D eigenvalue weighted by Gasteiger charge is 2.20. The summed E-state index contributed by atoms with van der Waals surface area (Å²) in [6, 6.07) is 21.8. The lowest BCUT2D eigenvalue weighted by molar-refractivity contribution is 0.415. The van der Waals surface area contributed by atoms with Gasteiger partial charge in [0.1, 0.15) is 5.75 Å². The van der Waals surface area contributed by atoms with Crippen molar-refractivity contribution in [3.8, 4) is 5.75 Å². The molecule has 0 aliphatic carbocycles. The molecule has 0 spiro atoms. The summed E-state index contributed by atoms with van der Waals surface area (Å²) in [6.45, 7) is 2.86. The molecule has 5 rings (SSSR count). The summed E-state index contributed by atoms with van der Waals surface area (Å²) < 4.78 is 7.94. The minimum absolute atomic E-state index is 0.894. The maximum Gasteiger partial charge on any atom is 0.119 e. The summed E-state index contributed by atoms with van der Waals surface area (Å²) in [7, 11) is 1.74. The standard InChI is InChI=1S/C23H22N2O/c1-26-19-8-9-22-21(13-19)20-10-11-24-14-23(20)25(22)15-16-6-7-17-4-2-3-5-18(17)12-16/h2-9,12-13,24H,10-11,14-15H2,1H3. The van der Waals surface area contributed by atoms with E-state index in [-0.39, 0.29) is 0 Å². The molecule has 26 heavy (non-hydrogen) atoms. The smallest absolute Gasteiger partial charge is 0.119 e. The molecule has 3 nitrogen and oxygen atoms in total. The van der Waals surface area contributed by atoms with Gasteiger partial charge in [-0.2, -0.15) is 0 Å². The van der Waals surface area contributed by atoms with Crippen molar-refractivity contribution in [2.45, 2.75) is 19.5 Å². The SMILES string of the molecule is COc1ccc2c(c1)c1c(n2Cc2ccc3ccccc3c2)CNCC1. The van der Waals surface area contributed by atoms with Crippen LogP contribution in [0.15, 0.2) is 60.7 Å². The summed E-state index contributed by atoms with van der Waals surface area (Å²) in [4.78, 5) is 0. The molecule has 0 bridgehead atoms. The molecular weight excluding hydrogens is 320 g/mol. The fraction of sp³-hybridized carbons (Fsp3) is 0.217. The van der Waals surface area contributed by atoms with E-state index in [4.69, 9.17) is 4.74 Å². The van der Waals surface area contributed by atoms with Crippen LogP contribution >= 0.6 is 0 Å². The first-order valence-corrected chi connectivity index (χ1v) is 9.20. The molecule has 4 aromatic rings. The second-order valence-electron chi connectivity index (χ2n) is 7.00. The number of ether oxygens (including phenoxy) is 1. The molecule has 1 N–H and O–H groups in total. The number of benzene rings is 3. The fourth-order valence-electron chi connectivity index (χ4n) is 4.18. The predicted molar refractivity (Wildman–Crippen MR) is 107 cm³/mol. The topological polar surface area (TPSA) is 26.2 Å². The Bertz CT molecular complexity index is 1110. The Morgan fingerprint density at radius 1 is 1.00 bits per heavy atom. The summed E-state index contributed by atoms with van der Waals surface area (Å²) in [5.41, 5.74) is 5.52. The molecule has 3 heteroatoms. The number of methoxy groups -OCH3 is 1. The fourth-order valence-corrected chi connectivity index (χ4v) is 4.18. The number of rotatable bonds is 3. The minimum Gasteiger partial charge on any atom is -0.497 e. The third kappa shape index (κ3) is 2.47. The van der Waals surface area contributed by atoms with Crippen molar-refractivity contribution in [1.82, 2.24) is 9.88 Å². The highest BCUT2D eigenvalue weighted by Crippen LogP contribution is 2.32. The van der Waals surface area contributed by atoms with Gasteiger partial charge in [0.2, 0.25) is 0 Å². The number of nitrogens with zero attached hydrogens (tertiary/aromatic N) is 1. The van der Waals surface area contributed by atoms with Crippen molar-refractivity contribution in [3.63, 3.8) is 0 Å². The van der Waals surface area contributed by atoms with Crippen molar-refractivity contribution in [1.29, 1.82) is 0 Å². The van der Waals surface area contributed by atoms with Crippen LogP contribution in [0, 0.1) is 0 Å². The van der Waals surface area contributed by atoms with Crippen LogP contribution in [0.4, 0.5) is 0 Å². The van der Waals surface area contributed by atoms with Gasteiger partial charge in [0.15, 0.2) is 0 Å². The van der Waals surface area contributed by atoms with Crippen LogP contribution in [0.1, 0.15) is 16.8 Å². The number of fused-ring (bicyclic) bond motifs is 4. The highest BCUT2D eigenvalue weighted by atomic mass is 16.5. The Kier molecular flexibility index (Phi) is 3.68. The molecule has 3 aromatic carbocycles. The van der Waals surface area contributed by atoms with Crippen LogP contribution < -0.4 is 10.1 Å². The molecule has 2 heterocycles. The van der Waals surface area contributed by atoms with Gasteiger partial charge in [0.25, 0.3) is 0 Å². The minimum atomic E-state index is 0.894. The summed E-state index contributed by atoms with van der Waals surface area (Å²) >= 11 is 0. The van der Waals surface area contributed by atoms with E-state index in [1.807, 2.05) is 0 Å². The molecule has 0 atom stereocenters. The summed E-state index contributed by atoms with van der Waals surface area (Å²) in [5, 5.41) is 7.46. The van der Waals surface area contributed by atoms with Gasteiger partial charge in [-0.05, 0) is 59.1 Å². The summed E-state index contributed by atoms with van der Waals surface area (Å²) in [6.07, 6.45) is 1.07. The monoisotopic (exact) mass is 342 g/mol. The Balaban J connectivity index is 1.65. The van der Waals surface area contributed by atoms with E-state index < -0.39 is 0 Å². The lowest BCUT2D eigenvalue weighted by Crippen LogP contribution is -2.25. The maximum absolute atomic E-state index is 5.46. The van der Waals surface area contributed by atoms with Crippen LogP contribution in [0.2, 0.25) is 0 Å². The van der Waals surface area contributed by atoms with E-state index in [1.165, 1.54) is 38.5 Å². The van der Waals surface area contributed by atoms with Gasteiger partial charge in [-0.25, -0.2) is 0 Å². The summed E-state index contributed by atoms with van der Waals surface area (Å²) in [5.74, 6) is 0.932. The molecule has 0 saturated heterocycles. The van der Waals surface area contributed by atoms with E-state index in [1.54, 1.807) is 7.11 Å². The zero-order valence-electron chi connectivity index (χ0n) is 15.0. The molecule has 1 aromatic heterocycles. The first kappa shape index (κ1) is 15.5. The molecule has 1 aliphatic heterocycles. The zero-order chi connectivity index (χ0) is 17.5. The Morgan fingerprint density at radius 3 is 2.77 bits per heavy atom. The van der Waals surface area contributed by atoms with Crippen molar-refractivity contribution >= 4 is 21.7 Å². The third-order valence-electron chi connectivity index (χ3n) is 5.49. The number of nitrogens with one attached hydrogen (secondary N) is 1.